The number of fused-ring (bicyclic) bond motifs is 1. The summed E-state index contributed by atoms with van der Waals surface area (Å²) in [6.45, 7) is 2.09. The Bertz CT molecular complexity index is 943. The second-order valence-electron chi connectivity index (χ2n) is 9.64. The van der Waals surface area contributed by atoms with Crippen LogP contribution in [-0.4, -0.2) is 17.6 Å². The summed E-state index contributed by atoms with van der Waals surface area (Å²) >= 11 is 0. The maximum absolute atomic E-state index is 13.0. The van der Waals surface area contributed by atoms with Gasteiger partial charge in [-0.25, -0.2) is 0 Å². The molecule has 1 unspecified atom stereocenters. The van der Waals surface area contributed by atoms with E-state index in [0.717, 1.165) is 54.7 Å². The molecular weight excluding hydrogens is 386 g/mol. The van der Waals surface area contributed by atoms with Crippen LogP contribution in [0.25, 0.3) is 0 Å². The molecule has 0 aromatic heterocycles. The predicted octanol–water partition coefficient (Wildman–Crippen LogP) is 5.81. The van der Waals surface area contributed by atoms with Crippen LogP contribution in [0.1, 0.15) is 80.5 Å². The van der Waals surface area contributed by atoms with Crippen molar-refractivity contribution in [1.82, 2.24) is 5.32 Å². The smallest absolute Gasteiger partial charge is 0.220 e. The van der Waals surface area contributed by atoms with Gasteiger partial charge in [0.25, 0.3) is 0 Å². The van der Waals surface area contributed by atoms with E-state index < -0.39 is 0 Å². The van der Waals surface area contributed by atoms with Crippen LogP contribution in [0.4, 0.5) is 0 Å². The third kappa shape index (κ3) is 4.44. The van der Waals surface area contributed by atoms with Crippen molar-refractivity contribution >= 4 is 5.91 Å². The second-order valence-corrected chi connectivity index (χ2v) is 9.64. The normalized spacial score (nSPS) is 21.8. The van der Waals surface area contributed by atoms with Crippen molar-refractivity contribution in [2.45, 2.75) is 88.9 Å². The van der Waals surface area contributed by atoms with Gasteiger partial charge in [0.05, 0.1) is 12.1 Å². The van der Waals surface area contributed by atoms with Gasteiger partial charge in [-0.15, -0.1) is 0 Å². The topological polar surface area (TPSA) is 47.6 Å². The van der Waals surface area contributed by atoms with Crippen LogP contribution in [0.3, 0.4) is 0 Å². The van der Waals surface area contributed by atoms with E-state index in [1.54, 1.807) is 0 Å². The summed E-state index contributed by atoms with van der Waals surface area (Å²) in [4.78, 5) is 13.0. The van der Waals surface area contributed by atoms with Gasteiger partial charge < -0.3 is 14.8 Å². The van der Waals surface area contributed by atoms with E-state index in [1.807, 2.05) is 18.2 Å². The van der Waals surface area contributed by atoms with Crippen LogP contribution in [0, 0.1) is 6.92 Å². The van der Waals surface area contributed by atoms with Crippen LogP contribution in [0.15, 0.2) is 42.5 Å². The quantitative estimate of drug-likeness (QED) is 0.642. The molecule has 31 heavy (non-hydrogen) atoms. The van der Waals surface area contributed by atoms with Crippen LogP contribution in [-0.2, 0) is 11.2 Å². The zero-order chi connectivity index (χ0) is 21.3. The number of aryl methyl sites for hydroxylation is 2. The highest BCUT2D eigenvalue weighted by Crippen LogP contribution is 2.49. The monoisotopic (exact) mass is 419 g/mol. The van der Waals surface area contributed by atoms with E-state index in [-0.39, 0.29) is 17.6 Å². The van der Waals surface area contributed by atoms with E-state index in [1.165, 1.54) is 24.8 Å². The van der Waals surface area contributed by atoms with Crippen molar-refractivity contribution in [3.8, 4) is 11.5 Å². The molecule has 1 heterocycles. The summed E-state index contributed by atoms with van der Waals surface area (Å²) in [5, 5.41) is 3.33. The third-order valence-corrected chi connectivity index (χ3v) is 7.23. The lowest BCUT2D eigenvalue weighted by Gasteiger charge is -2.48. The SMILES string of the molecule is Cc1ccc2c(c1)C(NC(=O)CCc1ccccc1OC1CCCC1)CC1(CCC1)O2. The molecular formula is C27H33NO3. The lowest BCUT2D eigenvalue weighted by Crippen LogP contribution is -2.49. The first-order valence-corrected chi connectivity index (χ1v) is 11.9. The molecule has 2 aromatic rings. The Morgan fingerprint density at radius 1 is 1.13 bits per heavy atom. The average Bonchev–Trinajstić information content (AvgIpc) is 3.25. The number of hydrogen-bond donors (Lipinski definition) is 1. The second kappa shape index (κ2) is 8.57. The number of rotatable bonds is 6. The average molecular weight is 420 g/mol. The molecule has 4 heteroatoms. The molecule has 2 fully saturated rings. The van der Waals surface area contributed by atoms with Gasteiger partial charge in [0.2, 0.25) is 5.91 Å². The van der Waals surface area contributed by atoms with Gasteiger partial charge in [0, 0.05) is 18.4 Å². The van der Waals surface area contributed by atoms with Crippen LogP contribution in [0.2, 0.25) is 0 Å². The summed E-state index contributed by atoms with van der Waals surface area (Å²) in [5.74, 6) is 1.99. The van der Waals surface area contributed by atoms with E-state index in [2.05, 4.69) is 36.5 Å². The van der Waals surface area contributed by atoms with E-state index >= 15 is 0 Å². The fourth-order valence-corrected chi connectivity index (χ4v) is 5.32. The van der Waals surface area contributed by atoms with Crippen molar-refractivity contribution in [3.63, 3.8) is 0 Å². The van der Waals surface area contributed by atoms with Gasteiger partial charge in [0.1, 0.15) is 17.1 Å². The molecule has 2 aliphatic carbocycles. The lowest BCUT2D eigenvalue weighted by molar-refractivity contribution is -0.123. The first kappa shape index (κ1) is 20.4. The Balaban J connectivity index is 1.24. The Labute approximate surface area is 185 Å². The van der Waals surface area contributed by atoms with Crippen molar-refractivity contribution in [1.29, 1.82) is 0 Å². The van der Waals surface area contributed by atoms with Crippen molar-refractivity contribution in [2.75, 3.05) is 0 Å². The van der Waals surface area contributed by atoms with Gasteiger partial charge in [-0.05, 0) is 76.0 Å². The molecule has 0 radical (unpaired) electrons. The molecule has 164 valence electrons. The van der Waals surface area contributed by atoms with Crippen molar-refractivity contribution in [3.05, 3.63) is 59.2 Å². The van der Waals surface area contributed by atoms with Crippen LogP contribution >= 0.6 is 0 Å². The third-order valence-electron chi connectivity index (χ3n) is 7.23. The minimum Gasteiger partial charge on any atom is -0.490 e. The summed E-state index contributed by atoms with van der Waals surface area (Å²) in [7, 11) is 0. The number of benzene rings is 2. The molecule has 0 saturated heterocycles. The molecule has 5 rings (SSSR count). The van der Waals surface area contributed by atoms with Crippen molar-refractivity contribution < 1.29 is 14.3 Å². The van der Waals surface area contributed by atoms with Crippen molar-refractivity contribution in [2.24, 2.45) is 0 Å². The molecule has 1 spiro atoms. The van der Waals surface area contributed by atoms with E-state index in [4.69, 9.17) is 9.47 Å². The molecule has 4 nitrogen and oxygen atoms in total. The van der Waals surface area contributed by atoms with Gasteiger partial charge >= 0.3 is 0 Å². The molecule has 1 amide bonds. The predicted molar refractivity (Wildman–Crippen MR) is 122 cm³/mol. The number of amides is 1. The van der Waals surface area contributed by atoms with E-state index in [0.29, 0.717) is 18.9 Å². The zero-order valence-corrected chi connectivity index (χ0v) is 18.5. The van der Waals surface area contributed by atoms with Gasteiger partial charge in [-0.1, -0.05) is 35.9 Å². The van der Waals surface area contributed by atoms with Gasteiger partial charge in [-0.3, -0.25) is 4.79 Å². The first-order chi connectivity index (χ1) is 15.1. The Hall–Kier alpha value is -2.49. The molecule has 1 atom stereocenters. The van der Waals surface area contributed by atoms with Crippen LogP contribution in [0.5, 0.6) is 11.5 Å². The summed E-state index contributed by atoms with van der Waals surface area (Å²) in [6.07, 6.45) is 10.5. The Morgan fingerprint density at radius 2 is 1.94 bits per heavy atom. The Kier molecular flexibility index (Phi) is 5.64. The molecule has 2 aromatic carbocycles. The zero-order valence-electron chi connectivity index (χ0n) is 18.5. The summed E-state index contributed by atoms with van der Waals surface area (Å²) < 4.78 is 12.6. The number of para-hydroxylation sites is 1. The highest BCUT2D eigenvalue weighted by molar-refractivity contribution is 5.77. The first-order valence-electron chi connectivity index (χ1n) is 11.9. The minimum absolute atomic E-state index is 0.0291. The molecule has 0 bridgehead atoms. The molecule has 3 aliphatic rings. The fraction of sp³-hybridized carbons (Fsp3) is 0.519. The van der Waals surface area contributed by atoms with E-state index in [9.17, 15) is 4.79 Å². The minimum atomic E-state index is -0.0814. The maximum atomic E-state index is 13.0. The Morgan fingerprint density at radius 3 is 2.71 bits per heavy atom. The number of ether oxygens (including phenoxy) is 2. The number of carbonyl (C=O) groups is 1. The molecule has 1 aliphatic heterocycles. The number of nitrogens with one attached hydrogen (secondary N) is 1. The summed E-state index contributed by atoms with van der Waals surface area (Å²) in [5.41, 5.74) is 3.37. The highest BCUT2D eigenvalue weighted by atomic mass is 16.5. The van der Waals surface area contributed by atoms with Gasteiger partial charge in [-0.2, -0.15) is 0 Å². The van der Waals surface area contributed by atoms with Gasteiger partial charge in [0.15, 0.2) is 0 Å². The molecule has 2 saturated carbocycles. The van der Waals surface area contributed by atoms with Crippen LogP contribution < -0.4 is 14.8 Å². The lowest BCUT2D eigenvalue weighted by atomic mass is 9.73. The fourth-order valence-electron chi connectivity index (χ4n) is 5.32. The number of carbonyl (C=O) groups excluding carboxylic acids is 1. The highest BCUT2D eigenvalue weighted by Gasteiger charge is 2.45. The molecule has 1 N–H and O–H groups in total. The maximum Gasteiger partial charge on any atom is 0.220 e. The number of hydrogen-bond acceptors (Lipinski definition) is 3. The largest absolute Gasteiger partial charge is 0.490 e. The standard InChI is InChI=1S/C27H33NO3/c1-19-11-13-25-22(17-19)23(18-27(31-25)15-6-16-27)28-26(29)14-12-20-7-2-5-10-24(20)30-21-8-3-4-9-21/h2,5,7,10-11,13,17,21,23H,3-4,6,8-9,12,14-16,18H2,1H3,(H,28,29). The summed E-state index contributed by atoms with van der Waals surface area (Å²) in [6, 6.07) is 14.5.